The highest BCUT2D eigenvalue weighted by atomic mass is 16.6. The quantitative estimate of drug-likeness (QED) is 0.0922. The zero-order chi connectivity index (χ0) is 25.6. The van der Waals surface area contributed by atoms with Crippen molar-refractivity contribution in [2.45, 2.75) is 136 Å². The van der Waals surface area contributed by atoms with E-state index >= 15 is 0 Å². The number of unbranched alkanes of at least 4 members (excludes halogenated alkanes) is 13. The summed E-state index contributed by atoms with van der Waals surface area (Å²) >= 11 is 0. The van der Waals surface area contributed by atoms with Crippen molar-refractivity contribution in [1.82, 2.24) is 0 Å². The monoisotopic (exact) mass is 490 g/mol. The van der Waals surface area contributed by atoms with Gasteiger partial charge >= 0.3 is 11.9 Å². The van der Waals surface area contributed by atoms with Crippen LogP contribution in [0.5, 0.6) is 17.2 Å². The number of hydrogen-bond donors (Lipinski definition) is 0. The topological polar surface area (TPSA) is 61.8 Å². The Morgan fingerprint density at radius 3 is 1.57 bits per heavy atom. The predicted molar refractivity (Wildman–Crippen MR) is 143 cm³/mol. The Bertz CT molecular complexity index is 685. The van der Waals surface area contributed by atoms with E-state index in [4.69, 9.17) is 14.2 Å². The molecule has 0 aliphatic carbocycles. The van der Waals surface area contributed by atoms with E-state index in [2.05, 4.69) is 20.8 Å². The van der Waals surface area contributed by atoms with Crippen molar-refractivity contribution in [3.05, 3.63) is 18.2 Å². The molecule has 0 heterocycles. The average molecular weight is 491 g/mol. The summed E-state index contributed by atoms with van der Waals surface area (Å²) in [5, 5.41) is 0. The van der Waals surface area contributed by atoms with Gasteiger partial charge in [0.25, 0.3) is 0 Å². The Morgan fingerprint density at radius 1 is 0.571 bits per heavy atom. The third-order valence-electron chi connectivity index (χ3n) is 6.10. The van der Waals surface area contributed by atoms with Crippen LogP contribution in [0.15, 0.2) is 18.2 Å². The van der Waals surface area contributed by atoms with E-state index in [1.54, 1.807) is 18.2 Å². The van der Waals surface area contributed by atoms with Crippen LogP contribution < -0.4 is 14.2 Å². The molecular weight excluding hydrogens is 440 g/mol. The van der Waals surface area contributed by atoms with Crippen molar-refractivity contribution in [1.29, 1.82) is 0 Å². The van der Waals surface area contributed by atoms with Crippen molar-refractivity contribution in [2.24, 2.45) is 0 Å². The molecule has 0 N–H and O–H groups in total. The number of carbonyl (C=O) groups excluding carboxylic acids is 2. The molecule has 0 unspecified atom stereocenters. The van der Waals surface area contributed by atoms with E-state index in [1.165, 1.54) is 51.4 Å². The number of ether oxygens (including phenoxy) is 3. The zero-order valence-electron chi connectivity index (χ0n) is 22.7. The summed E-state index contributed by atoms with van der Waals surface area (Å²) in [6.07, 6.45) is 18.5. The molecule has 0 saturated heterocycles. The van der Waals surface area contributed by atoms with Crippen molar-refractivity contribution < 1.29 is 23.8 Å². The highest BCUT2D eigenvalue weighted by molar-refractivity contribution is 5.76. The Balaban J connectivity index is 2.63. The molecule has 0 aromatic heterocycles. The molecule has 0 saturated carbocycles. The van der Waals surface area contributed by atoms with Gasteiger partial charge in [-0.2, -0.15) is 0 Å². The number of rotatable bonds is 22. The second-order valence-electron chi connectivity index (χ2n) is 9.50. The van der Waals surface area contributed by atoms with Crippen LogP contribution in [0, 0.1) is 0 Å². The first-order valence-electron chi connectivity index (χ1n) is 14.3. The minimum atomic E-state index is -0.297. The lowest BCUT2D eigenvalue weighted by Gasteiger charge is -2.13. The summed E-state index contributed by atoms with van der Waals surface area (Å²) in [5.41, 5.74) is 0. The largest absolute Gasteiger partial charge is 0.493 e. The molecule has 200 valence electrons. The standard InChI is InChI=1S/C30H50O5/c1-4-7-10-13-15-17-20-29(31)34-27-23-22-26(33-24-19-12-9-6-3)25-28(27)35-30(32)21-18-16-14-11-8-5-2/h22-23,25H,4-21,24H2,1-3H3. The van der Waals surface area contributed by atoms with Crippen LogP contribution >= 0.6 is 0 Å². The van der Waals surface area contributed by atoms with Gasteiger partial charge in [0.1, 0.15) is 5.75 Å². The average Bonchev–Trinajstić information content (AvgIpc) is 2.85. The summed E-state index contributed by atoms with van der Waals surface area (Å²) in [5.74, 6) is 0.592. The van der Waals surface area contributed by atoms with Gasteiger partial charge in [-0.15, -0.1) is 0 Å². The van der Waals surface area contributed by atoms with Crippen molar-refractivity contribution >= 4 is 11.9 Å². The summed E-state index contributed by atoms with van der Waals surface area (Å²) in [7, 11) is 0. The van der Waals surface area contributed by atoms with Gasteiger partial charge in [0.2, 0.25) is 0 Å². The molecule has 35 heavy (non-hydrogen) atoms. The van der Waals surface area contributed by atoms with Crippen LogP contribution in [0.4, 0.5) is 0 Å². The molecule has 0 radical (unpaired) electrons. The highest BCUT2D eigenvalue weighted by Gasteiger charge is 2.15. The lowest BCUT2D eigenvalue weighted by atomic mass is 10.1. The third-order valence-corrected chi connectivity index (χ3v) is 6.10. The Hall–Kier alpha value is -2.04. The maximum atomic E-state index is 12.5. The van der Waals surface area contributed by atoms with Gasteiger partial charge in [-0.25, -0.2) is 0 Å². The molecule has 0 amide bonds. The second-order valence-corrected chi connectivity index (χ2v) is 9.50. The molecule has 1 aromatic rings. The summed E-state index contributed by atoms with van der Waals surface area (Å²) in [6.45, 7) is 7.18. The lowest BCUT2D eigenvalue weighted by molar-refractivity contribution is -0.137. The Kier molecular flexibility index (Phi) is 18.8. The molecule has 0 aliphatic rings. The fraction of sp³-hybridized carbons (Fsp3) is 0.733. The molecule has 5 heteroatoms. The molecule has 0 fully saturated rings. The van der Waals surface area contributed by atoms with Crippen molar-refractivity contribution in [2.75, 3.05) is 6.61 Å². The zero-order valence-corrected chi connectivity index (χ0v) is 22.7. The summed E-state index contributed by atoms with van der Waals surface area (Å²) < 4.78 is 17.1. The minimum Gasteiger partial charge on any atom is -0.493 e. The maximum Gasteiger partial charge on any atom is 0.311 e. The van der Waals surface area contributed by atoms with Crippen molar-refractivity contribution in [3.63, 3.8) is 0 Å². The maximum absolute atomic E-state index is 12.5. The molecule has 1 aromatic carbocycles. The van der Waals surface area contributed by atoms with Crippen LogP contribution in [0.1, 0.15) is 136 Å². The number of hydrogen-bond acceptors (Lipinski definition) is 5. The number of esters is 2. The third kappa shape index (κ3) is 16.3. The first kappa shape index (κ1) is 31.0. The van der Waals surface area contributed by atoms with Crippen LogP contribution in [0.3, 0.4) is 0 Å². The van der Waals surface area contributed by atoms with E-state index in [9.17, 15) is 9.59 Å². The van der Waals surface area contributed by atoms with E-state index in [-0.39, 0.29) is 23.4 Å². The summed E-state index contributed by atoms with van der Waals surface area (Å²) in [4.78, 5) is 24.9. The fourth-order valence-electron chi connectivity index (χ4n) is 3.91. The molecule has 0 spiro atoms. The fourth-order valence-corrected chi connectivity index (χ4v) is 3.91. The minimum absolute atomic E-state index is 0.267. The first-order valence-corrected chi connectivity index (χ1v) is 14.3. The van der Waals surface area contributed by atoms with Crippen LogP contribution in [0.2, 0.25) is 0 Å². The van der Waals surface area contributed by atoms with Crippen molar-refractivity contribution in [3.8, 4) is 17.2 Å². The summed E-state index contributed by atoms with van der Waals surface area (Å²) in [6, 6.07) is 5.12. The first-order chi connectivity index (χ1) is 17.1. The lowest BCUT2D eigenvalue weighted by Crippen LogP contribution is -2.12. The highest BCUT2D eigenvalue weighted by Crippen LogP contribution is 2.33. The SMILES string of the molecule is CCCCCCCCC(=O)Oc1ccc(OCCCCCC)cc1OC(=O)CCCCCCCC. The van der Waals surface area contributed by atoms with Crippen LogP contribution in [-0.2, 0) is 9.59 Å². The Morgan fingerprint density at radius 2 is 1.03 bits per heavy atom. The van der Waals surface area contributed by atoms with Gasteiger partial charge in [-0.3, -0.25) is 9.59 Å². The van der Waals surface area contributed by atoms with Gasteiger partial charge < -0.3 is 14.2 Å². The molecule has 1 rings (SSSR count). The normalized spacial score (nSPS) is 10.8. The van der Waals surface area contributed by atoms with Gasteiger partial charge in [-0.1, -0.05) is 104 Å². The van der Waals surface area contributed by atoms with E-state index < -0.39 is 0 Å². The van der Waals surface area contributed by atoms with Crippen LogP contribution in [0.25, 0.3) is 0 Å². The molecule has 0 bridgehead atoms. The smallest absolute Gasteiger partial charge is 0.311 e. The number of benzene rings is 1. The van der Waals surface area contributed by atoms with E-state index in [0.29, 0.717) is 25.2 Å². The van der Waals surface area contributed by atoms with Gasteiger partial charge in [0, 0.05) is 18.9 Å². The van der Waals surface area contributed by atoms with Gasteiger partial charge in [0.15, 0.2) is 11.5 Å². The number of carbonyl (C=O) groups is 2. The predicted octanol–water partition coefficient (Wildman–Crippen LogP) is 8.96. The van der Waals surface area contributed by atoms with E-state index in [0.717, 1.165) is 51.4 Å². The molecule has 5 nitrogen and oxygen atoms in total. The second kappa shape index (κ2) is 21.3. The molecule has 0 aliphatic heterocycles. The van der Waals surface area contributed by atoms with Gasteiger partial charge in [-0.05, 0) is 31.4 Å². The molecule has 0 atom stereocenters. The van der Waals surface area contributed by atoms with Crippen LogP contribution in [-0.4, -0.2) is 18.5 Å². The Labute approximate surface area is 214 Å². The van der Waals surface area contributed by atoms with E-state index in [1.807, 2.05) is 0 Å². The van der Waals surface area contributed by atoms with Gasteiger partial charge in [0.05, 0.1) is 6.61 Å². The molecular formula is C30H50O5.